The summed E-state index contributed by atoms with van der Waals surface area (Å²) in [6.45, 7) is 6.53. The predicted molar refractivity (Wildman–Crippen MR) is 80.0 cm³/mol. The largest absolute Gasteiger partial charge is 0.357 e. The number of thioether (sulfide) groups is 1. The number of nitrogens with zero attached hydrogens (tertiary/aromatic N) is 4. The highest BCUT2D eigenvalue weighted by atomic mass is 32.2. The molecule has 0 bridgehead atoms. The van der Waals surface area contributed by atoms with Crippen molar-refractivity contribution in [1.82, 2.24) is 19.9 Å². The van der Waals surface area contributed by atoms with Crippen molar-refractivity contribution in [3.63, 3.8) is 0 Å². The quantitative estimate of drug-likeness (QED) is 0.872. The van der Waals surface area contributed by atoms with Crippen LogP contribution in [0.1, 0.15) is 13.8 Å². The Morgan fingerprint density at radius 1 is 1.32 bits per heavy atom. The summed E-state index contributed by atoms with van der Waals surface area (Å²) in [6, 6.07) is 0. The van der Waals surface area contributed by atoms with Crippen LogP contribution >= 0.6 is 11.8 Å². The molecule has 2 atom stereocenters. The first-order chi connectivity index (χ1) is 9.17. The zero-order chi connectivity index (χ0) is 13.4. The number of aromatic amines is 1. The van der Waals surface area contributed by atoms with Crippen LogP contribution in [0.2, 0.25) is 0 Å². The van der Waals surface area contributed by atoms with E-state index in [2.05, 4.69) is 44.0 Å². The van der Waals surface area contributed by atoms with Gasteiger partial charge < -0.3 is 15.2 Å². The Balaban J connectivity index is 2.05. The van der Waals surface area contributed by atoms with Crippen molar-refractivity contribution in [3.8, 4) is 0 Å². The minimum atomic E-state index is 0.606. The molecule has 102 valence electrons. The molecule has 2 aromatic rings. The third-order valence-corrected chi connectivity index (χ3v) is 4.44. The van der Waals surface area contributed by atoms with E-state index < -0.39 is 0 Å². The van der Waals surface area contributed by atoms with Gasteiger partial charge in [-0.15, -0.1) is 0 Å². The topological polar surface area (TPSA) is 69.7 Å². The minimum Gasteiger partial charge on any atom is -0.357 e. The number of rotatable bonds is 2. The van der Waals surface area contributed by atoms with E-state index in [1.165, 1.54) is 0 Å². The van der Waals surface area contributed by atoms with E-state index in [4.69, 9.17) is 0 Å². The van der Waals surface area contributed by atoms with Gasteiger partial charge in [-0.1, -0.05) is 13.8 Å². The lowest BCUT2D eigenvalue weighted by molar-refractivity contribution is 0.720. The number of H-pyrrole nitrogens is 1. The monoisotopic (exact) mass is 278 g/mol. The Bertz CT molecular complexity index is 573. The van der Waals surface area contributed by atoms with Gasteiger partial charge in [-0.3, -0.25) is 0 Å². The highest BCUT2D eigenvalue weighted by molar-refractivity contribution is 8.00. The molecule has 1 fully saturated rings. The van der Waals surface area contributed by atoms with Crippen LogP contribution in [0, 0.1) is 0 Å². The van der Waals surface area contributed by atoms with Crippen LogP contribution in [0.3, 0.4) is 0 Å². The normalized spacial score (nSPS) is 23.8. The average molecular weight is 278 g/mol. The van der Waals surface area contributed by atoms with Crippen molar-refractivity contribution >= 4 is 34.7 Å². The molecule has 1 aliphatic heterocycles. The van der Waals surface area contributed by atoms with Crippen LogP contribution in [0.4, 0.5) is 11.8 Å². The van der Waals surface area contributed by atoms with Gasteiger partial charge in [0.1, 0.15) is 5.52 Å². The maximum atomic E-state index is 4.61. The first kappa shape index (κ1) is 12.5. The van der Waals surface area contributed by atoms with Gasteiger partial charge in [-0.25, -0.2) is 4.98 Å². The fraction of sp³-hybridized carbons (Fsp3) is 0.583. The van der Waals surface area contributed by atoms with Crippen LogP contribution in [0.5, 0.6) is 0 Å². The van der Waals surface area contributed by atoms with Gasteiger partial charge in [0.2, 0.25) is 5.95 Å². The SMILES string of the molecule is CNc1nc(N2CC(C)SC(C)C2)c2[nH]cnc2n1. The highest BCUT2D eigenvalue weighted by Gasteiger charge is 2.25. The van der Waals surface area contributed by atoms with Gasteiger partial charge in [-0.2, -0.15) is 21.7 Å². The molecule has 1 aliphatic rings. The molecule has 3 heterocycles. The third-order valence-electron chi connectivity index (χ3n) is 3.21. The molecule has 3 rings (SSSR count). The number of aromatic nitrogens is 4. The number of anilines is 2. The zero-order valence-electron chi connectivity index (χ0n) is 11.3. The van der Waals surface area contributed by atoms with E-state index in [1.807, 2.05) is 18.8 Å². The summed E-state index contributed by atoms with van der Waals surface area (Å²) in [7, 11) is 1.83. The van der Waals surface area contributed by atoms with Crippen molar-refractivity contribution in [2.75, 3.05) is 30.4 Å². The Morgan fingerprint density at radius 2 is 2.05 bits per heavy atom. The van der Waals surface area contributed by atoms with E-state index in [0.29, 0.717) is 22.1 Å². The number of imidazole rings is 1. The van der Waals surface area contributed by atoms with Crippen molar-refractivity contribution < 1.29 is 0 Å². The second kappa shape index (κ2) is 4.88. The van der Waals surface area contributed by atoms with Crippen molar-refractivity contribution in [2.45, 2.75) is 24.3 Å². The highest BCUT2D eigenvalue weighted by Crippen LogP contribution is 2.30. The molecular weight excluding hydrogens is 260 g/mol. The average Bonchev–Trinajstić information content (AvgIpc) is 2.84. The summed E-state index contributed by atoms with van der Waals surface area (Å²) in [5, 5.41) is 4.22. The molecule has 7 heteroatoms. The molecule has 6 nitrogen and oxygen atoms in total. The van der Waals surface area contributed by atoms with Crippen molar-refractivity contribution in [2.24, 2.45) is 0 Å². The van der Waals surface area contributed by atoms with E-state index in [-0.39, 0.29) is 0 Å². The van der Waals surface area contributed by atoms with Gasteiger partial charge in [0.15, 0.2) is 11.5 Å². The lowest BCUT2D eigenvalue weighted by atomic mass is 10.3. The number of hydrogen-bond acceptors (Lipinski definition) is 6. The molecule has 2 N–H and O–H groups in total. The minimum absolute atomic E-state index is 0.606. The summed E-state index contributed by atoms with van der Waals surface area (Å²) >= 11 is 2.03. The van der Waals surface area contributed by atoms with Crippen LogP contribution in [0.15, 0.2) is 6.33 Å². The van der Waals surface area contributed by atoms with Crippen LogP contribution in [-0.2, 0) is 0 Å². The first-order valence-corrected chi connectivity index (χ1v) is 7.41. The Morgan fingerprint density at radius 3 is 2.74 bits per heavy atom. The van der Waals surface area contributed by atoms with Gasteiger partial charge in [0.05, 0.1) is 6.33 Å². The summed E-state index contributed by atoms with van der Waals surface area (Å²) in [5.41, 5.74) is 1.64. The fourth-order valence-corrected chi connectivity index (χ4v) is 3.83. The van der Waals surface area contributed by atoms with E-state index >= 15 is 0 Å². The Hall–Kier alpha value is -1.50. The van der Waals surface area contributed by atoms with E-state index in [1.54, 1.807) is 6.33 Å². The smallest absolute Gasteiger partial charge is 0.226 e. The maximum Gasteiger partial charge on any atom is 0.226 e. The molecule has 19 heavy (non-hydrogen) atoms. The summed E-state index contributed by atoms with van der Waals surface area (Å²) < 4.78 is 0. The van der Waals surface area contributed by atoms with E-state index in [0.717, 1.165) is 24.4 Å². The third kappa shape index (κ3) is 2.34. The molecule has 0 amide bonds. The van der Waals surface area contributed by atoms with Gasteiger partial charge in [0.25, 0.3) is 0 Å². The molecule has 0 aliphatic carbocycles. The number of nitrogens with one attached hydrogen (secondary N) is 2. The predicted octanol–water partition coefficient (Wildman–Crippen LogP) is 1.72. The lowest BCUT2D eigenvalue weighted by Crippen LogP contribution is -2.41. The van der Waals surface area contributed by atoms with Gasteiger partial charge in [0, 0.05) is 30.6 Å². The molecule has 0 spiro atoms. The zero-order valence-corrected chi connectivity index (χ0v) is 12.2. The van der Waals surface area contributed by atoms with Gasteiger partial charge in [-0.05, 0) is 0 Å². The molecule has 0 radical (unpaired) electrons. The van der Waals surface area contributed by atoms with Crippen molar-refractivity contribution in [3.05, 3.63) is 6.33 Å². The van der Waals surface area contributed by atoms with E-state index in [9.17, 15) is 0 Å². The molecule has 0 saturated carbocycles. The Kier molecular flexibility index (Phi) is 3.22. The van der Waals surface area contributed by atoms with Crippen LogP contribution in [-0.4, -0.2) is 50.6 Å². The molecule has 2 unspecified atom stereocenters. The number of fused-ring (bicyclic) bond motifs is 1. The second-order valence-electron chi connectivity index (χ2n) is 4.88. The first-order valence-electron chi connectivity index (χ1n) is 6.46. The second-order valence-corrected chi connectivity index (χ2v) is 6.77. The Labute approximate surface area is 116 Å². The van der Waals surface area contributed by atoms with Gasteiger partial charge >= 0.3 is 0 Å². The molecule has 0 aromatic carbocycles. The van der Waals surface area contributed by atoms with Crippen LogP contribution in [0.25, 0.3) is 11.2 Å². The summed E-state index contributed by atoms with van der Waals surface area (Å²) in [4.78, 5) is 18.7. The fourth-order valence-electron chi connectivity index (χ4n) is 2.51. The number of hydrogen-bond donors (Lipinski definition) is 2. The maximum absolute atomic E-state index is 4.61. The molecule has 2 aromatic heterocycles. The lowest BCUT2D eigenvalue weighted by Gasteiger charge is -2.35. The molecule has 1 saturated heterocycles. The summed E-state index contributed by atoms with van der Waals surface area (Å²) in [5.74, 6) is 1.57. The van der Waals surface area contributed by atoms with Crippen molar-refractivity contribution in [1.29, 1.82) is 0 Å². The van der Waals surface area contributed by atoms with Crippen LogP contribution < -0.4 is 10.2 Å². The standard InChI is InChI=1S/C12H18N6S/c1-7-4-18(5-8(2)19-7)11-9-10(15-6-14-9)16-12(13-3)17-11/h6-8H,4-5H2,1-3H3,(H2,13,14,15,16,17). The molecular formula is C12H18N6S. The summed E-state index contributed by atoms with van der Waals surface area (Å²) in [6.07, 6.45) is 1.67.